The van der Waals surface area contributed by atoms with E-state index in [0.29, 0.717) is 11.5 Å². The van der Waals surface area contributed by atoms with Gasteiger partial charge in [0.05, 0.1) is 0 Å². The van der Waals surface area contributed by atoms with Gasteiger partial charge in [-0.3, -0.25) is 0 Å². The molecule has 14 heavy (non-hydrogen) atoms. The summed E-state index contributed by atoms with van der Waals surface area (Å²) in [6.07, 6.45) is 3.96. The highest BCUT2D eigenvalue weighted by atomic mass is 14.9. The molecule has 0 heterocycles. The zero-order chi connectivity index (χ0) is 11.2. The maximum absolute atomic E-state index is 3.62. The molecule has 0 aromatic carbocycles. The lowest BCUT2D eigenvalue weighted by Gasteiger charge is -2.28. The predicted octanol–water partition coefficient (Wildman–Crippen LogP) is 3.84. The van der Waals surface area contributed by atoms with E-state index < -0.39 is 0 Å². The van der Waals surface area contributed by atoms with Crippen molar-refractivity contribution in [1.82, 2.24) is 5.32 Å². The lowest BCUT2D eigenvalue weighted by atomic mass is 9.82. The van der Waals surface area contributed by atoms with Gasteiger partial charge in [0.2, 0.25) is 0 Å². The van der Waals surface area contributed by atoms with Crippen LogP contribution in [0.1, 0.15) is 60.8 Å². The third-order valence-corrected chi connectivity index (χ3v) is 3.24. The standard InChI is InChI=1S/C13H29N/c1-7-8-9-12(3)14-10-11(2)13(4,5)6/h11-12,14H,7-10H2,1-6H3. The van der Waals surface area contributed by atoms with E-state index >= 15 is 0 Å². The molecule has 0 fully saturated rings. The van der Waals surface area contributed by atoms with Crippen molar-refractivity contribution in [3.8, 4) is 0 Å². The Hall–Kier alpha value is -0.0400. The smallest absolute Gasteiger partial charge is 0.00388 e. The Morgan fingerprint density at radius 2 is 1.71 bits per heavy atom. The van der Waals surface area contributed by atoms with Crippen LogP contribution in [0.15, 0.2) is 0 Å². The number of unbranched alkanes of at least 4 members (excludes halogenated alkanes) is 1. The molecule has 1 nitrogen and oxygen atoms in total. The van der Waals surface area contributed by atoms with Crippen molar-refractivity contribution in [3.05, 3.63) is 0 Å². The van der Waals surface area contributed by atoms with E-state index in [0.717, 1.165) is 12.5 Å². The van der Waals surface area contributed by atoms with Crippen LogP contribution in [0.5, 0.6) is 0 Å². The third-order valence-electron chi connectivity index (χ3n) is 3.24. The van der Waals surface area contributed by atoms with Gasteiger partial charge in [-0.15, -0.1) is 0 Å². The Bertz CT molecular complexity index is 135. The van der Waals surface area contributed by atoms with Gasteiger partial charge in [0.1, 0.15) is 0 Å². The second-order valence-corrected chi connectivity index (χ2v) is 5.72. The normalized spacial score (nSPS) is 16.7. The maximum Gasteiger partial charge on any atom is 0.00388 e. The van der Waals surface area contributed by atoms with Crippen LogP contribution < -0.4 is 5.32 Å². The third kappa shape index (κ3) is 6.42. The summed E-state index contributed by atoms with van der Waals surface area (Å²) in [5.74, 6) is 0.742. The van der Waals surface area contributed by atoms with E-state index in [1.807, 2.05) is 0 Å². The van der Waals surface area contributed by atoms with E-state index in [1.165, 1.54) is 19.3 Å². The molecule has 0 spiro atoms. The van der Waals surface area contributed by atoms with Gasteiger partial charge < -0.3 is 5.32 Å². The fourth-order valence-electron chi connectivity index (χ4n) is 1.30. The summed E-state index contributed by atoms with van der Waals surface area (Å²) in [5.41, 5.74) is 0.428. The van der Waals surface area contributed by atoms with Gasteiger partial charge >= 0.3 is 0 Å². The Kier molecular flexibility index (Phi) is 6.43. The highest BCUT2D eigenvalue weighted by Crippen LogP contribution is 2.24. The molecule has 0 saturated carbocycles. The van der Waals surface area contributed by atoms with E-state index in [4.69, 9.17) is 0 Å². The molecule has 0 rings (SSSR count). The van der Waals surface area contributed by atoms with Gasteiger partial charge in [-0.05, 0) is 31.2 Å². The van der Waals surface area contributed by atoms with Gasteiger partial charge in [-0.1, -0.05) is 47.5 Å². The van der Waals surface area contributed by atoms with Gasteiger partial charge in [0.15, 0.2) is 0 Å². The Morgan fingerprint density at radius 3 is 2.14 bits per heavy atom. The second kappa shape index (κ2) is 6.44. The molecular weight excluding hydrogens is 170 g/mol. The molecule has 0 amide bonds. The van der Waals surface area contributed by atoms with Crippen molar-refractivity contribution in [2.45, 2.75) is 66.8 Å². The van der Waals surface area contributed by atoms with Crippen molar-refractivity contribution in [2.75, 3.05) is 6.54 Å². The summed E-state index contributed by atoms with van der Waals surface area (Å²) in [6, 6.07) is 0.680. The number of rotatable bonds is 6. The first-order valence-electron chi connectivity index (χ1n) is 6.11. The summed E-state index contributed by atoms with van der Waals surface area (Å²) >= 11 is 0. The number of hydrogen-bond donors (Lipinski definition) is 1. The number of nitrogens with one attached hydrogen (secondary N) is 1. The molecule has 0 radical (unpaired) electrons. The first-order chi connectivity index (χ1) is 6.38. The van der Waals surface area contributed by atoms with Gasteiger partial charge in [-0.25, -0.2) is 0 Å². The molecule has 2 unspecified atom stereocenters. The maximum atomic E-state index is 3.62. The fraction of sp³-hybridized carbons (Fsp3) is 1.00. The van der Waals surface area contributed by atoms with Crippen LogP contribution in [0.4, 0.5) is 0 Å². The van der Waals surface area contributed by atoms with Crippen molar-refractivity contribution in [1.29, 1.82) is 0 Å². The van der Waals surface area contributed by atoms with E-state index in [2.05, 4.69) is 46.9 Å². The van der Waals surface area contributed by atoms with Crippen LogP contribution in [-0.4, -0.2) is 12.6 Å². The molecule has 0 aliphatic rings. The summed E-state index contributed by atoms with van der Waals surface area (Å²) < 4.78 is 0. The summed E-state index contributed by atoms with van der Waals surface area (Å²) in [5, 5.41) is 3.62. The van der Waals surface area contributed by atoms with E-state index in [9.17, 15) is 0 Å². The molecule has 2 atom stereocenters. The Morgan fingerprint density at radius 1 is 1.14 bits per heavy atom. The van der Waals surface area contributed by atoms with Gasteiger partial charge in [-0.2, -0.15) is 0 Å². The SMILES string of the molecule is CCCCC(C)NCC(C)C(C)(C)C. The van der Waals surface area contributed by atoms with Crippen molar-refractivity contribution in [2.24, 2.45) is 11.3 Å². The van der Waals surface area contributed by atoms with Crippen molar-refractivity contribution < 1.29 is 0 Å². The van der Waals surface area contributed by atoms with Crippen LogP contribution in [0.2, 0.25) is 0 Å². The quantitative estimate of drug-likeness (QED) is 0.685. The zero-order valence-electron chi connectivity index (χ0n) is 11.0. The molecule has 86 valence electrons. The molecule has 0 aromatic rings. The first-order valence-corrected chi connectivity index (χ1v) is 6.11. The minimum Gasteiger partial charge on any atom is -0.314 e. The van der Waals surface area contributed by atoms with Crippen molar-refractivity contribution >= 4 is 0 Å². The molecule has 0 saturated heterocycles. The highest BCUT2D eigenvalue weighted by Gasteiger charge is 2.19. The molecule has 0 aliphatic carbocycles. The largest absolute Gasteiger partial charge is 0.314 e. The van der Waals surface area contributed by atoms with Gasteiger partial charge in [0, 0.05) is 6.04 Å². The zero-order valence-corrected chi connectivity index (χ0v) is 11.0. The molecule has 0 bridgehead atoms. The Balaban J connectivity index is 3.61. The lowest BCUT2D eigenvalue weighted by molar-refractivity contribution is 0.245. The van der Waals surface area contributed by atoms with Crippen LogP contribution in [0, 0.1) is 11.3 Å². The summed E-state index contributed by atoms with van der Waals surface area (Å²) in [7, 11) is 0. The van der Waals surface area contributed by atoms with Crippen molar-refractivity contribution in [3.63, 3.8) is 0 Å². The molecule has 1 N–H and O–H groups in total. The minimum absolute atomic E-state index is 0.428. The predicted molar refractivity (Wildman–Crippen MR) is 65.6 cm³/mol. The minimum atomic E-state index is 0.428. The molecule has 0 aromatic heterocycles. The van der Waals surface area contributed by atoms with Crippen LogP contribution >= 0.6 is 0 Å². The molecule has 0 aliphatic heterocycles. The second-order valence-electron chi connectivity index (χ2n) is 5.72. The fourth-order valence-corrected chi connectivity index (χ4v) is 1.30. The highest BCUT2D eigenvalue weighted by molar-refractivity contribution is 4.73. The molecular formula is C13H29N. The van der Waals surface area contributed by atoms with Crippen LogP contribution in [0.25, 0.3) is 0 Å². The Labute approximate surface area is 90.7 Å². The van der Waals surface area contributed by atoms with Crippen LogP contribution in [-0.2, 0) is 0 Å². The summed E-state index contributed by atoms with van der Waals surface area (Å²) in [4.78, 5) is 0. The first kappa shape index (κ1) is 14.0. The average molecular weight is 199 g/mol. The van der Waals surface area contributed by atoms with Crippen LogP contribution in [0.3, 0.4) is 0 Å². The van der Waals surface area contributed by atoms with E-state index in [1.54, 1.807) is 0 Å². The van der Waals surface area contributed by atoms with Gasteiger partial charge in [0.25, 0.3) is 0 Å². The summed E-state index contributed by atoms with van der Waals surface area (Å²) in [6.45, 7) is 15.0. The van der Waals surface area contributed by atoms with E-state index in [-0.39, 0.29) is 0 Å². The number of hydrogen-bond acceptors (Lipinski definition) is 1. The molecule has 1 heteroatoms. The monoisotopic (exact) mass is 199 g/mol. The average Bonchev–Trinajstić information content (AvgIpc) is 2.09. The lowest BCUT2D eigenvalue weighted by Crippen LogP contribution is -2.34. The topological polar surface area (TPSA) is 12.0 Å².